The maximum absolute atomic E-state index is 12.7. The zero-order chi connectivity index (χ0) is 14.6. The Labute approximate surface area is 116 Å². The highest BCUT2D eigenvalue weighted by molar-refractivity contribution is 5.67. The van der Waals surface area contributed by atoms with Crippen LogP contribution < -0.4 is 5.73 Å². The van der Waals surface area contributed by atoms with E-state index in [1.54, 1.807) is 0 Å². The fourth-order valence-corrected chi connectivity index (χ4v) is 2.13. The zero-order valence-electron chi connectivity index (χ0n) is 11.1. The molecule has 1 amide bonds. The summed E-state index contributed by atoms with van der Waals surface area (Å²) >= 11 is 0. The molecule has 0 aliphatic carbocycles. The smallest absolute Gasteiger partial charge is 0.410 e. The van der Waals surface area contributed by atoms with E-state index in [1.165, 1.54) is 4.90 Å². The van der Waals surface area contributed by atoms with Gasteiger partial charge in [0.15, 0.2) is 0 Å². The van der Waals surface area contributed by atoms with Crippen molar-refractivity contribution < 1.29 is 18.3 Å². The highest BCUT2D eigenvalue weighted by Crippen LogP contribution is 2.26. The number of rotatable bonds is 3. The Morgan fingerprint density at radius 1 is 1.30 bits per heavy atom. The number of hydrogen-bond acceptors (Lipinski definition) is 3. The minimum atomic E-state index is -2.56. The molecule has 0 atom stereocenters. The Kier molecular flexibility index (Phi) is 4.54. The number of nitrogens with zero attached hydrogens (tertiary/aromatic N) is 1. The zero-order valence-corrected chi connectivity index (χ0v) is 11.1. The van der Waals surface area contributed by atoms with E-state index < -0.39 is 18.1 Å². The highest BCUT2D eigenvalue weighted by atomic mass is 19.3. The van der Waals surface area contributed by atoms with E-state index in [0.717, 1.165) is 5.56 Å². The predicted molar refractivity (Wildman–Crippen MR) is 70.4 cm³/mol. The van der Waals surface area contributed by atoms with Gasteiger partial charge >= 0.3 is 6.09 Å². The minimum absolute atomic E-state index is 0.0884. The third kappa shape index (κ3) is 3.45. The Hall–Kier alpha value is -1.69. The minimum Gasteiger partial charge on any atom is -0.445 e. The lowest BCUT2D eigenvalue weighted by atomic mass is 9.89. The Morgan fingerprint density at radius 2 is 1.90 bits per heavy atom. The molecule has 0 aromatic heterocycles. The van der Waals surface area contributed by atoms with Gasteiger partial charge in [0, 0.05) is 13.1 Å². The average Bonchev–Trinajstić information content (AvgIpc) is 2.46. The second-order valence-corrected chi connectivity index (χ2v) is 5.06. The van der Waals surface area contributed by atoms with Gasteiger partial charge in [-0.1, -0.05) is 30.3 Å². The summed E-state index contributed by atoms with van der Waals surface area (Å²) in [6.45, 7) is 0.585. The van der Waals surface area contributed by atoms with Crippen LogP contribution in [0.3, 0.4) is 0 Å². The van der Waals surface area contributed by atoms with Crippen LogP contribution in [0.5, 0.6) is 0 Å². The fraction of sp³-hybridized carbons (Fsp3) is 0.500. The standard InChI is InChI=1S/C14H18F2N2O2/c15-12(16)14(17)6-8-18(9-7-14)13(19)20-10-11-4-2-1-3-5-11/h1-5,12H,6-10,17H2. The van der Waals surface area contributed by atoms with Gasteiger partial charge in [0.2, 0.25) is 0 Å². The largest absolute Gasteiger partial charge is 0.445 e. The van der Waals surface area contributed by atoms with Gasteiger partial charge < -0.3 is 15.4 Å². The van der Waals surface area contributed by atoms with Gasteiger partial charge in [-0.15, -0.1) is 0 Å². The van der Waals surface area contributed by atoms with E-state index in [-0.39, 0.29) is 32.5 Å². The van der Waals surface area contributed by atoms with Gasteiger partial charge in [0.25, 0.3) is 6.43 Å². The van der Waals surface area contributed by atoms with Crippen LogP contribution in [0.25, 0.3) is 0 Å². The summed E-state index contributed by atoms with van der Waals surface area (Å²) in [5.41, 5.74) is 5.01. The average molecular weight is 284 g/mol. The lowest BCUT2D eigenvalue weighted by molar-refractivity contribution is 0.00864. The van der Waals surface area contributed by atoms with Gasteiger partial charge in [0.05, 0.1) is 5.54 Å². The van der Waals surface area contributed by atoms with Crippen LogP contribution in [-0.2, 0) is 11.3 Å². The first kappa shape index (κ1) is 14.7. The van der Waals surface area contributed by atoms with Crippen molar-refractivity contribution in [2.24, 2.45) is 5.73 Å². The first-order valence-corrected chi connectivity index (χ1v) is 6.54. The monoisotopic (exact) mass is 284 g/mol. The molecule has 1 aromatic carbocycles. The number of likely N-dealkylation sites (tertiary alicyclic amines) is 1. The molecule has 1 aliphatic heterocycles. The number of amides is 1. The molecule has 20 heavy (non-hydrogen) atoms. The van der Waals surface area contributed by atoms with Crippen LogP contribution in [0.2, 0.25) is 0 Å². The van der Waals surface area contributed by atoms with E-state index >= 15 is 0 Å². The van der Waals surface area contributed by atoms with Crippen LogP contribution >= 0.6 is 0 Å². The van der Waals surface area contributed by atoms with Gasteiger partial charge in [0.1, 0.15) is 6.61 Å². The molecule has 0 saturated carbocycles. The molecule has 1 aliphatic rings. The van der Waals surface area contributed by atoms with E-state index in [0.29, 0.717) is 0 Å². The van der Waals surface area contributed by atoms with E-state index in [1.807, 2.05) is 30.3 Å². The molecule has 1 aromatic rings. The first-order valence-electron chi connectivity index (χ1n) is 6.54. The molecule has 2 N–H and O–H groups in total. The van der Waals surface area contributed by atoms with Crippen molar-refractivity contribution >= 4 is 6.09 Å². The third-order valence-electron chi connectivity index (χ3n) is 3.59. The number of benzene rings is 1. The summed E-state index contributed by atoms with van der Waals surface area (Å²) in [6.07, 6.45) is -2.87. The van der Waals surface area contributed by atoms with Crippen LogP contribution in [-0.4, -0.2) is 36.0 Å². The van der Waals surface area contributed by atoms with Crippen LogP contribution in [0.4, 0.5) is 13.6 Å². The predicted octanol–water partition coefficient (Wildman–Crippen LogP) is 2.38. The third-order valence-corrected chi connectivity index (χ3v) is 3.59. The van der Waals surface area contributed by atoms with Crippen molar-refractivity contribution in [2.45, 2.75) is 31.4 Å². The van der Waals surface area contributed by atoms with Crippen molar-refractivity contribution in [3.63, 3.8) is 0 Å². The van der Waals surface area contributed by atoms with Crippen LogP contribution in [0.1, 0.15) is 18.4 Å². The lowest BCUT2D eigenvalue weighted by Gasteiger charge is -2.37. The van der Waals surface area contributed by atoms with Gasteiger partial charge in [-0.2, -0.15) is 0 Å². The topological polar surface area (TPSA) is 55.6 Å². The normalized spacial score (nSPS) is 18.1. The molecule has 0 spiro atoms. The number of carbonyl (C=O) groups excluding carboxylic acids is 1. The number of halogens is 2. The van der Waals surface area contributed by atoms with Gasteiger partial charge in [-0.25, -0.2) is 13.6 Å². The molecular formula is C14H18F2N2O2. The number of alkyl halides is 2. The summed E-state index contributed by atoms with van der Waals surface area (Å²) < 4.78 is 30.6. The molecule has 1 fully saturated rings. The maximum Gasteiger partial charge on any atom is 0.410 e. The molecule has 4 nitrogen and oxygen atoms in total. The maximum atomic E-state index is 12.7. The van der Waals surface area contributed by atoms with Crippen molar-refractivity contribution in [1.82, 2.24) is 4.90 Å². The number of hydrogen-bond donors (Lipinski definition) is 1. The molecule has 2 rings (SSSR count). The second-order valence-electron chi connectivity index (χ2n) is 5.06. The molecule has 0 radical (unpaired) electrons. The number of piperidine rings is 1. The van der Waals surface area contributed by atoms with Crippen molar-refractivity contribution in [2.75, 3.05) is 13.1 Å². The number of carbonyl (C=O) groups is 1. The molecule has 110 valence electrons. The van der Waals surface area contributed by atoms with Crippen molar-refractivity contribution in [3.8, 4) is 0 Å². The Bertz CT molecular complexity index is 446. The summed E-state index contributed by atoms with van der Waals surface area (Å²) in [5, 5.41) is 0. The van der Waals surface area contributed by atoms with Crippen molar-refractivity contribution in [3.05, 3.63) is 35.9 Å². The number of ether oxygens (including phenoxy) is 1. The summed E-state index contributed by atoms with van der Waals surface area (Å²) in [7, 11) is 0. The second kappa shape index (κ2) is 6.17. The molecule has 1 heterocycles. The van der Waals surface area contributed by atoms with Gasteiger partial charge in [-0.05, 0) is 18.4 Å². The number of nitrogens with two attached hydrogens (primary N) is 1. The molecule has 0 bridgehead atoms. The van der Waals surface area contributed by atoms with Crippen molar-refractivity contribution in [1.29, 1.82) is 0 Å². The molecule has 0 unspecified atom stereocenters. The fourth-order valence-electron chi connectivity index (χ4n) is 2.13. The lowest BCUT2D eigenvalue weighted by Crippen LogP contribution is -2.56. The molecule has 1 saturated heterocycles. The van der Waals surface area contributed by atoms with Crippen LogP contribution in [0.15, 0.2) is 30.3 Å². The highest BCUT2D eigenvalue weighted by Gasteiger charge is 2.40. The molecular weight excluding hydrogens is 266 g/mol. The van der Waals surface area contributed by atoms with Crippen LogP contribution in [0, 0.1) is 0 Å². The summed E-state index contributed by atoms with van der Waals surface area (Å²) in [6, 6.07) is 9.29. The summed E-state index contributed by atoms with van der Waals surface area (Å²) in [4.78, 5) is 13.3. The molecule has 6 heteroatoms. The Balaban J connectivity index is 1.80. The van der Waals surface area contributed by atoms with Gasteiger partial charge in [-0.3, -0.25) is 0 Å². The van der Waals surface area contributed by atoms with E-state index in [9.17, 15) is 13.6 Å². The SMILES string of the molecule is NC1(C(F)F)CCN(C(=O)OCc2ccccc2)CC1. The first-order chi connectivity index (χ1) is 9.51. The van der Waals surface area contributed by atoms with E-state index in [2.05, 4.69) is 0 Å². The van der Waals surface area contributed by atoms with E-state index in [4.69, 9.17) is 10.5 Å². The quantitative estimate of drug-likeness (QED) is 0.927. The summed E-state index contributed by atoms with van der Waals surface area (Å²) in [5.74, 6) is 0. The Morgan fingerprint density at radius 3 is 2.45 bits per heavy atom.